The average Bonchev–Trinajstić information content (AvgIpc) is 2.91. The van der Waals surface area contributed by atoms with Crippen molar-refractivity contribution in [3.8, 4) is 5.75 Å². The van der Waals surface area contributed by atoms with Gasteiger partial charge in [-0.05, 0) is 50.2 Å². The van der Waals surface area contributed by atoms with E-state index in [4.69, 9.17) is 4.74 Å². The molecular formula is C17H20FNOS. The topological polar surface area (TPSA) is 21.3 Å². The molecule has 2 heterocycles. The fourth-order valence-corrected chi connectivity index (χ4v) is 3.67. The second-order valence-electron chi connectivity index (χ2n) is 5.48. The van der Waals surface area contributed by atoms with Gasteiger partial charge in [0, 0.05) is 27.8 Å². The van der Waals surface area contributed by atoms with Crippen molar-refractivity contribution in [3.63, 3.8) is 0 Å². The number of nitrogens with one attached hydrogen (secondary N) is 1. The van der Waals surface area contributed by atoms with Crippen molar-refractivity contribution in [1.82, 2.24) is 5.32 Å². The molecule has 2 atom stereocenters. The van der Waals surface area contributed by atoms with E-state index in [2.05, 4.69) is 31.3 Å². The predicted octanol–water partition coefficient (Wildman–Crippen LogP) is 4.76. The fraction of sp³-hybridized carbons (Fsp3) is 0.412. The first-order valence-electron chi connectivity index (χ1n) is 7.43. The summed E-state index contributed by atoms with van der Waals surface area (Å²) in [6.07, 6.45) is 1.96. The Morgan fingerprint density at radius 3 is 2.90 bits per heavy atom. The lowest BCUT2D eigenvalue weighted by atomic mass is 9.95. The quantitative estimate of drug-likeness (QED) is 0.879. The van der Waals surface area contributed by atoms with Crippen LogP contribution in [0.1, 0.15) is 47.2 Å². The first kappa shape index (κ1) is 14.5. The minimum atomic E-state index is -0.203. The lowest BCUT2D eigenvalue weighted by molar-refractivity contribution is 0.154. The van der Waals surface area contributed by atoms with Crippen LogP contribution in [0.4, 0.5) is 4.39 Å². The van der Waals surface area contributed by atoms with E-state index in [1.54, 1.807) is 23.5 Å². The molecule has 1 aliphatic heterocycles. The lowest BCUT2D eigenvalue weighted by Gasteiger charge is -2.32. The van der Waals surface area contributed by atoms with Gasteiger partial charge in [-0.3, -0.25) is 0 Å². The Morgan fingerprint density at radius 2 is 2.19 bits per heavy atom. The molecule has 0 saturated carbocycles. The highest BCUT2D eigenvalue weighted by molar-refractivity contribution is 7.12. The van der Waals surface area contributed by atoms with Gasteiger partial charge >= 0.3 is 0 Å². The number of benzene rings is 1. The molecule has 2 nitrogen and oxygen atoms in total. The first-order chi connectivity index (χ1) is 10.2. The summed E-state index contributed by atoms with van der Waals surface area (Å²) in [5, 5.41) is 3.52. The number of halogens is 1. The smallest absolute Gasteiger partial charge is 0.135 e. The molecule has 0 aliphatic carbocycles. The van der Waals surface area contributed by atoms with Crippen molar-refractivity contribution in [2.24, 2.45) is 0 Å². The highest BCUT2D eigenvalue weighted by Gasteiger charge is 2.30. The van der Waals surface area contributed by atoms with Crippen molar-refractivity contribution < 1.29 is 9.13 Å². The normalized spacial score (nSPS) is 20.9. The van der Waals surface area contributed by atoms with Crippen LogP contribution < -0.4 is 10.1 Å². The molecule has 1 aromatic heterocycles. The number of hydrogen-bond donors (Lipinski definition) is 1. The molecule has 1 N–H and O–H groups in total. The van der Waals surface area contributed by atoms with Gasteiger partial charge in [-0.15, -0.1) is 11.3 Å². The Balaban J connectivity index is 1.90. The maximum absolute atomic E-state index is 13.5. The summed E-state index contributed by atoms with van der Waals surface area (Å²) in [6.45, 7) is 5.17. The van der Waals surface area contributed by atoms with E-state index in [-0.39, 0.29) is 18.0 Å². The van der Waals surface area contributed by atoms with E-state index in [1.165, 1.54) is 15.8 Å². The monoisotopic (exact) mass is 305 g/mol. The third-order valence-electron chi connectivity index (χ3n) is 3.79. The number of hydrogen-bond acceptors (Lipinski definition) is 3. The third kappa shape index (κ3) is 3.11. The van der Waals surface area contributed by atoms with Crippen LogP contribution in [0, 0.1) is 12.7 Å². The van der Waals surface area contributed by atoms with Crippen LogP contribution in [0.3, 0.4) is 0 Å². The van der Waals surface area contributed by atoms with Crippen molar-refractivity contribution in [3.05, 3.63) is 51.5 Å². The fourth-order valence-electron chi connectivity index (χ4n) is 2.75. The average molecular weight is 305 g/mol. The van der Waals surface area contributed by atoms with Crippen LogP contribution in [0.5, 0.6) is 5.75 Å². The molecule has 0 amide bonds. The van der Waals surface area contributed by atoms with Gasteiger partial charge in [-0.2, -0.15) is 0 Å². The summed E-state index contributed by atoms with van der Waals surface area (Å²) >= 11 is 1.77. The Kier molecular flexibility index (Phi) is 4.27. The van der Waals surface area contributed by atoms with Gasteiger partial charge < -0.3 is 10.1 Å². The van der Waals surface area contributed by atoms with Gasteiger partial charge in [0.2, 0.25) is 0 Å². The van der Waals surface area contributed by atoms with Crippen molar-refractivity contribution >= 4 is 11.3 Å². The summed E-state index contributed by atoms with van der Waals surface area (Å²) in [5.41, 5.74) is 0.938. The van der Waals surface area contributed by atoms with Crippen molar-refractivity contribution in [2.75, 3.05) is 6.54 Å². The molecule has 21 heavy (non-hydrogen) atoms. The molecule has 112 valence electrons. The highest BCUT2D eigenvalue weighted by Crippen LogP contribution is 2.42. The molecule has 2 aromatic rings. The van der Waals surface area contributed by atoms with Gasteiger partial charge in [0.1, 0.15) is 17.7 Å². The Morgan fingerprint density at radius 1 is 1.33 bits per heavy atom. The standard InChI is InChI=1S/C17H20FNOS/c1-3-8-19-14-10-16(17-7-4-11(2)21-17)20-15-6-5-12(18)9-13(14)15/h4-7,9,14,16,19H,3,8,10H2,1-2H3. The number of aryl methyl sites for hydroxylation is 1. The van der Waals surface area contributed by atoms with Crippen molar-refractivity contribution in [2.45, 2.75) is 38.8 Å². The molecule has 0 bridgehead atoms. The zero-order valence-electron chi connectivity index (χ0n) is 12.4. The Bertz CT molecular complexity index is 625. The predicted molar refractivity (Wildman–Crippen MR) is 84.5 cm³/mol. The summed E-state index contributed by atoms with van der Waals surface area (Å²) in [5.74, 6) is 0.596. The number of fused-ring (bicyclic) bond motifs is 1. The summed E-state index contributed by atoms with van der Waals surface area (Å²) in [6, 6.07) is 9.22. The second kappa shape index (κ2) is 6.16. The maximum atomic E-state index is 13.5. The molecule has 0 spiro atoms. The number of ether oxygens (including phenoxy) is 1. The molecule has 0 radical (unpaired) electrons. The van der Waals surface area contributed by atoms with E-state index < -0.39 is 0 Å². The summed E-state index contributed by atoms with van der Waals surface area (Å²) < 4.78 is 19.6. The lowest BCUT2D eigenvalue weighted by Crippen LogP contribution is -2.29. The highest BCUT2D eigenvalue weighted by atomic mass is 32.1. The van der Waals surface area contributed by atoms with E-state index in [9.17, 15) is 4.39 Å². The zero-order chi connectivity index (χ0) is 14.8. The van der Waals surface area contributed by atoms with Gasteiger partial charge in [0.05, 0.1) is 0 Å². The maximum Gasteiger partial charge on any atom is 0.135 e. The van der Waals surface area contributed by atoms with Crippen molar-refractivity contribution in [1.29, 1.82) is 0 Å². The molecule has 0 saturated heterocycles. The molecule has 0 fully saturated rings. The SMILES string of the molecule is CCCNC1CC(c2ccc(C)s2)Oc2ccc(F)cc21. The minimum Gasteiger partial charge on any atom is -0.484 e. The van der Waals surface area contributed by atoms with E-state index in [0.717, 1.165) is 30.7 Å². The van der Waals surface area contributed by atoms with Crippen LogP contribution in [0.25, 0.3) is 0 Å². The number of thiophene rings is 1. The molecule has 1 aliphatic rings. The van der Waals surface area contributed by atoms with E-state index in [1.807, 2.05) is 0 Å². The molecular weight excluding hydrogens is 285 g/mol. The van der Waals surface area contributed by atoms with E-state index in [0.29, 0.717) is 0 Å². The first-order valence-corrected chi connectivity index (χ1v) is 8.25. The Labute approximate surface area is 129 Å². The van der Waals surface area contributed by atoms with Crippen LogP contribution in [-0.2, 0) is 0 Å². The van der Waals surface area contributed by atoms with Gasteiger partial charge in [0.25, 0.3) is 0 Å². The molecule has 1 aromatic carbocycles. The van der Waals surface area contributed by atoms with Crippen LogP contribution in [0.2, 0.25) is 0 Å². The number of rotatable bonds is 4. The van der Waals surface area contributed by atoms with Gasteiger partial charge in [-0.1, -0.05) is 6.92 Å². The van der Waals surface area contributed by atoms with E-state index >= 15 is 0 Å². The molecule has 3 rings (SSSR count). The molecule has 4 heteroatoms. The summed E-state index contributed by atoms with van der Waals surface area (Å²) in [7, 11) is 0. The molecule has 2 unspecified atom stereocenters. The minimum absolute atomic E-state index is 0.0519. The Hall–Kier alpha value is -1.39. The largest absolute Gasteiger partial charge is 0.484 e. The van der Waals surface area contributed by atoms with Crippen LogP contribution >= 0.6 is 11.3 Å². The summed E-state index contributed by atoms with van der Waals surface area (Å²) in [4.78, 5) is 2.53. The van der Waals surface area contributed by atoms with Gasteiger partial charge in [-0.25, -0.2) is 4.39 Å². The third-order valence-corrected chi connectivity index (χ3v) is 4.88. The van der Waals surface area contributed by atoms with Crippen LogP contribution in [0.15, 0.2) is 30.3 Å². The zero-order valence-corrected chi connectivity index (χ0v) is 13.2. The van der Waals surface area contributed by atoms with Crippen LogP contribution in [-0.4, -0.2) is 6.54 Å². The second-order valence-corrected chi connectivity index (χ2v) is 6.80. The van der Waals surface area contributed by atoms with Gasteiger partial charge in [0.15, 0.2) is 0 Å².